The summed E-state index contributed by atoms with van der Waals surface area (Å²) < 4.78 is 6.53. The fourth-order valence-corrected chi connectivity index (χ4v) is 2.51. The van der Waals surface area contributed by atoms with E-state index in [0.29, 0.717) is 18.1 Å². The molecular weight excluding hydrogens is 290 g/mol. The molecule has 3 aromatic heterocycles. The summed E-state index contributed by atoms with van der Waals surface area (Å²) in [4.78, 5) is 13.1. The molecule has 0 atom stereocenters. The van der Waals surface area contributed by atoms with Crippen molar-refractivity contribution in [3.8, 4) is 10.6 Å². The lowest BCUT2D eigenvalue weighted by Crippen LogP contribution is -2.11. The number of carbonyl (C=O) groups excluding carboxylic acids is 1. The summed E-state index contributed by atoms with van der Waals surface area (Å²) >= 11 is 1.58. The van der Waals surface area contributed by atoms with Gasteiger partial charge in [-0.3, -0.25) is 9.89 Å². The van der Waals surface area contributed by atoms with E-state index in [-0.39, 0.29) is 5.91 Å². The van der Waals surface area contributed by atoms with Crippen LogP contribution in [0.5, 0.6) is 0 Å². The van der Waals surface area contributed by atoms with Crippen LogP contribution < -0.4 is 5.32 Å². The van der Waals surface area contributed by atoms with Gasteiger partial charge in [-0.25, -0.2) is 4.68 Å². The summed E-state index contributed by atoms with van der Waals surface area (Å²) in [6.45, 7) is 0.334. The molecule has 0 aromatic carbocycles. The molecule has 7 nitrogen and oxygen atoms in total. The average molecular weight is 303 g/mol. The van der Waals surface area contributed by atoms with Gasteiger partial charge in [0.2, 0.25) is 0 Å². The summed E-state index contributed by atoms with van der Waals surface area (Å²) in [5, 5.41) is 15.6. The average Bonchev–Trinajstić information content (AvgIpc) is 3.20. The Balaban J connectivity index is 1.70. The first-order valence-corrected chi connectivity index (χ1v) is 7.06. The molecule has 3 heterocycles. The van der Waals surface area contributed by atoms with Gasteiger partial charge in [0, 0.05) is 7.11 Å². The molecule has 3 rings (SSSR count). The van der Waals surface area contributed by atoms with Crippen LogP contribution in [-0.4, -0.2) is 33.0 Å². The molecule has 0 saturated carbocycles. The third-order valence-corrected chi connectivity index (χ3v) is 3.65. The maximum absolute atomic E-state index is 12.1. The first kappa shape index (κ1) is 13.5. The fourth-order valence-electron chi connectivity index (χ4n) is 1.82. The van der Waals surface area contributed by atoms with E-state index in [1.165, 1.54) is 0 Å². The van der Waals surface area contributed by atoms with Crippen LogP contribution in [0.4, 0.5) is 5.69 Å². The zero-order chi connectivity index (χ0) is 14.7. The van der Waals surface area contributed by atoms with Gasteiger partial charge in [-0.2, -0.15) is 10.2 Å². The second-order valence-electron chi connectivity index (χ2n) is 4.28. The maximum atomic E-state index is 12.1. The van der Waals surface area contributed by atoms with Gasteiger partial charge in [0.05, 0.1) is 28.7 Å². The Hall–Kier alpha value is -2.45. The first-order valence-electron chi connectivity index (χ1n) is 6.18. The predicted octanol–water partition coefficient (Wildman–Crippen LogP) is 2.19. The molecule has 0 aliphatic carbocycles. The molecule has 2 N–H and O–H groups in total. The van der Waals surface area contributed by atoms with Gasteiger partial charge >= 0.3 is 0 Å². The summed E-state index contributed by atoms with van der Waals surface area (Å²) in [7, 11) is 1.58. The number of hydrogen-bond acceptors (Lipinski definition) is 5. The molecule has 0 aliphatic rings. The zero-order valence-corrected chi connectivity index (χ0v) is 12.1. The number of methoxy groups -OCH3 is 1. The van der Waals surface area contributed by atoms with Gasteiger partial charge in [-0.1, -0.05) is 6.07 Å². The number of nitrogens with zero attached hydrogens (tertiary/aromatic N) is 3. The van der Waals surface area contributed by atoms with Crippen molar-refractivity contribution < 1.29 is 9.53 Å². The lowest BCUT2D eigenvalue weighted by atomic mass is 10.3. The molecule has 108 valence electrons. The molecule has 21 heavy (non-hydrogen) atoms. The van der Waals surface area contributed by atoms with Crippen molar-refractivity contribution in [3.63, 3.8) is 0 Å². The summed E-state index contributed by atoms with van der Waals surface area (Å²) in [5.41, 5.74) is 1.75. The molecule has 0 unspecified atom stereocenters. The molecule has 0 radical (unpaired) electrons. The van der Waals surface area contributed by atoms with Crippen molar-refractivity contribution in [2.45, 2.75) is 6.73 Å². The van der Waals surface area contributed by atoms with E-state index in [9.17, 15) is 4.79 Å². The summed E-state index contributed by atoms with van der Waals surface area (Å²) in [5.74, 6) is -0.286. The van der Waals surface area contributed by atoms with Crippen molar-refractivity contribution >= 4 is 22.9 Å². The Labute approximate surface area is 124 Å². The number of ether oxygens (including phenoxy) is 1. The van der Waals surface area contributed by atoms with Crippen molar-refractivity contribution in [1.29, 1.82) is 0 Å². The van der Waals surface area contributed by atoms with Crippen LogP contribution in [0.3, 0.4) is 0 Å². The number of carbonyl (C=O) groups is 1. The largest absolute Gasteiger partial charge is 0.362 e. The van der Waals surface area contributed by atoms with Crippen LogP contribution in [0.15, 0.2) is 36.0 Å². The van der Waals surface area contributed by atoms with Gasteiger partial charge in [0.25, 0.3) is 5.91 Å². The van der Waals surface area contributed by atoms with Gasteiger partial charge in [0.1, 0.15) is 6.73 Å². The fraction of sp³-hybridized carbons (Fsp3) is 0.154. The Morgan fingerprint density at radius 3 is 3.24 bits per heavy atom. The van der Waals surface area contributed by atoms with E-state index in [0.717, 1.165) is 10.6 Å². The molecule has 0 bridgehead atoms. The number of hydrogen-bond donors (Lipinski definition) is 2. The molecular formula is C13H13N5O2S. The highest BCUT2D eigenvalue weighted by atomic mass is 32.1. The smallest absolute Gasteiger partial charge is 0.276 e. The number of anilines is 1. The zero-order valence-electron chi connectivity index (χ0n) is 11.2. The lowest BCUT2D eigenvalue weighted by Gasteiger charge is -1.98. The van der Waals surface area contributed by atoms with Crippen molar-refractivity contribution in [3.05, 3.63) is 41.7 Å². The van der Waals surface area contributed by atoms with Crippen LogP contribution >= 0.6 is 11.3 Å². The van der Waals surface area contributed by atoms with E-state index in [1.807, 2.05) is 17.5 Å². The van der Waals surface area contributed by atoms with E-state index in [4.69, 9.17) is 4.74 Å². The Morgan fingerprint density at radius 1 is 1.57 bits per heavy atom. The van der Waals surface area contributed by atoms with Crippen LogP contribution in [0.25, 0.3) is 10.6 Å². The number of nitrogens with one attached hydrogen (secondary N) is 2. The van der Waals surface area contributed by atoms with Crippen LogP contribution in [0, 0.1) is 0 Å². The Kier molecular flexibility index (Phi) is 3.80. The minimum absolute atomic E-state index is 0.286. The molecule has 1 amide bonds. The van der Waals surface area contributed by atoms with Gasteiger partial charge in [0.15, 0.2) is 5.69 Å². The standard InChI is InChI=1S/C13H13N5O2S/c1-20-8-18-7-9(6-14-18)15-13(19)11-5-10(16-17-11)12-3-2-4-21-12/h2-7H,8H2,1H3,(H,15,19)(H,16,17). The van der Waals surface area contributed by atoms with Crippen molar-refractivity contribution in [1.82, 2.24) is 20.0 Å². The first-order chi connectivity index (χ1) is 10.3. The minimum atomic E-state index is -0.286. The second-order valence-corrected chi connectivity index (χ2v) is 5.23. The monoisotopic (exact) mass is 303 g/mol. The quantitative estimate of drug-likeness (QED) is 0.756. The third kappa shape index (κ3) is 3.01. The number of H-pyrrole nitrogens is 1. The molecule has 0 spiro atoms. The highest BCUT2D eigenvalue weighted by molar-refractivity contribution is 7.13. The SMILES string of the molecule is COCn1cc(NC(=O)c2cc(-c3cccs3)[nH]n2)cn1. The topological polar surface area (TPSA) is 84.8 Å². The van der Waals surface area contributed by atoms with E-state index < -0.39 is 0 Å². The van der Waals surface area contributed by atoms with Gasteiger partial charge < -0.3 is 10.1 Å². The highest BCUT2D eigenvalue weighted by Gasteiger charge is 2.13. The number of rotatable bonds is 5. The molecule has 0 aliphatic heterocycles. The number of thiophene rings is 1. The highest BCUT2D eigenvalue weighted by Crippen LogP contribution is 2.23. The number of aromatic amines is 1. The normalized spacial score (nSPS) is 10.7. The molecule has 8 heteroatoms. The maximum Gasteiger partial charge on any atom is 0.276 e. The van der Waals surface area contributed by atoms with Crippen molar-refractivity contribution in [2.24, 2.45) is 0 Å². The molecule has 3 aromatic rings. The molecule has 0 fully saturated rings. The second kappa shape index (κ2) is 5.90. The van der Waals surface area contributed by atoms with Crippen molar-refractivity contribution in [2.75, 3.05) is 12.4 Å². The minimum Gasteiger partial charge on any atom is -0.362 e. The van der Waals surface area contributed by atoms with Crippen LogP contribution in [-0.2, 0) is 11.5 Å². The van der Waals surface area contributed by atoms with Crippen LogP contribution in [0.1, 0.15) is 10.5 Å². The summed E-state index contributed by atoms with van der Waals surface area (Å²) in [6, 6.07) is 5.64. The van der Waals surface area contributed by atoms with E-state index >= 15 is 0 Å². The summed E-state index contributed by atoms with van der Waals surface area (Å²) in [6.07, 6.45) is 3.25. The number of amides is 1. The third-order valence-electron chi connectivity index (χ3n) is 2.75. The molecule has 0 saturated heterocycles. The number of aromatic nitrogens is 4. The Bertz CT molecular complexity index is 731. The predicted molar refractivity (Wildman–Crippen MR) is 79.1 cm³/mol. The van der Waals surface area contributed by atoms with E-state index in [1.54, 1.807) is 41.6 Å². The lowest BCUT2D eigenvalue weighted by molar-refractivity contribution is 0.102. The van der Waals surface area contributed by atoms with E-state index in [2.05, 4.69) is 20.6 Å². The van der Waals surface area contributed by atoms with Gasteiger partial charge in [-0.05, 0) is 17.5 Å². The van der Waals surface area contributed by atoms with Gasteiger partial charge in [-0.15, -0.1) is 11.3 Å². The van der Waals surface area contributed by atoms with Crippen LogP contribution in [0.2, 0.25) is 0 Å². The Morgan fingerprint density at radius 2 is 2.48 bits per heavy atom.